The van der Waals surface area contributed by atoms with Gasteiger partial charge in [0, 0.05) is 11.1 Å². The van der Waals surface area contributed by atoms with Crippen LogP contribution >= 0.6 is 11.3 Å². The van der Waals surface area contributed by atoms with E-state index in [1.54, 1.807) is 23.2 Å². The Morgan fingerprint density at radius 1 is 1.45 bits per heavy atom. The number of carbonyl (C=O) groups is 2. The van der Waals surface area contributed by atoms with Gasteiger partial charge < -0.3 is 10.2 Å². The molecule has 1 aliphatic carbocycles. The van der Waals surface area contributed by atoms with Crippen LogP contribution in [0.5, 0.6) is 0 Å². The second-order valence-corrected chi connectivity index (χ2v) is 7.07. The standard InChI is InChI=1S/C14H19N3O2S/c1-9-7-15-11(20-9)8-17-10(2)12(18)16-14(13(17)19)5-3-4-6-14/h7,10H,3-6,8H2,1-2H3,(H,16,18). The van der Waals surface area contributed by atoms with Crippen molar-refractivity contribution in [2.45, 2.75) is 57.7 Å². The van der Waals surface area contributed by atoms with Gasteiger partial charge in [0.1, 0.15) is 16.6 Å². The van der Waals surface area contributed by atoms with Crippen LogP contribution in [0.25, 0.3) is 0 Å². The zero-order chi connectivity index (χ0) is 14.3. The molecule has 0 bridgehead atoms. The zero-order valence-electron chi connectivity index (χ0n) is 11.8. The van der Waals surface area contributed by atoms with Crippen molar-refractivity contribution in [1.82, 2.24) is 15.2 Å². The number of nitrogens with zero attached hydrogens (tertiary/aromatic N) is 2. The molecule has 1 saturated carbocycles. The van der Waals surface area contributed by atoms with Crippen LogP contribution in [0.1, 0.15) is 42.5 Å². The smallest absolute Gasteiger partial charge is 0.249 e. The van der Waals surface area contributed by atoms with E-state index < -0.39 is 11.6 Å². The fourth-order valence-electron chi connectivity index (χ4n) is 3.13. The molecule has 2 aliphatic rings. The van der Waals surface area contributed by atoms with Crippen LogP contribution in [0.3, 0.4) is 0 Å². The topological polar surface area (TPSA) is 62.3 Å². The average molecular weight is 293 g/mol. The molecule has 5 nitrogen and oxygen atoms in total. The molecule has 2 fully saturated rings. The maximum atomic E-state index is 12.8. The minimum atomic E-state index is -0.643. The second-order valence-electron chi connectivity index (χ2n) is 5.75. The molecule has 3 rings (SSSR count). The van der Waals surface area contributed by atoms with Crippen molar-refractivity contribution < 1.29 is 9.59 Å². The number of hydrogen-bond donors (Lipinski definition) is 1. The van der Waals surface area contributed by atoms with Gasteiger partial charge in [0.15, 0.2) is 0 Å². The SMILES string of the molecule is Cc1cnc(CN2C(=O)C3(CCCC3)NC(=O)C2C)s1. The van der Waals surface area contributed by atoms with Crippen molar-refractivity contribution in [3.63, 3.8) is 0 Å². The van der Waals surface area contributed by atoms with Crippen LogP contribution in [-0.4, -0.2) is 33.3 Å². The van der Waals surface area contributed by atoms with Gasteiger partial charge in [-0.15, -0.1) is 11.3 Å². The normalized spacial score (nSPS) is 25.3. The van der Waals surface area contributed by atoms with Gasteiger partial charge >= 0.3 is 0 Å². The molecule has 6 heteroatoms. The highest BCUT2D eigenvalue weighted by Crippen LogP contribution is 2.35. The van der Waals surface area contributed by atoms with Gasteiger partial charge in [-0.05, 0) is 26.7 Å². The van der Waals surface area contributed by atoms with Crippen molar-refractivity contribution in [2.75, 3.05) is 0 Å². The van der Waals surface area contributed by atoms with E-state index in [-0.39, 0.29) is 11.8 Å². The zero-order valence-corrected chi connectivity index (χ0v) is 12.6. The Morgan fingerprint density at radius 2 is 2.15 bits per heavy atom. The molecular formula is C14H19N3O2S. The lowest BCUT2D eigenvalue weighted by molar-refractivity contribution is -0.154. The maximum absolute atomic E-state index is 12.8. The summed E-state index contributed by atoms with van der Waals surface area (Å²) in [6, 6.07) is -0.419. The molecule has 1 aliphatic heterocycles. The van der Waals surface area contributed by atoms with Gasteiger partial charge in [0.25, 0.3) is 0 Å². The predicted molar refractivity (Wildman–Crippen MR) is 76.2 cm³/mol. The monoisotopic (exact) mass is 293 g/mol. The molecular weight excluding hydrogens is 274 g/mol. The minimum Gasteiger partial charge on any atom is -0.340 e. The third-order valence-electron chi connectivity index (χ3n) is 4.31. The lowest BCUT2D eigenvalue weighted by atomic mass is 9.91. The third-order valence-corrected chi connectivity index (χ3v) is 5.21. The number of carbonyl (C=O) groups excluding carboxylic acids is 2. The molecule has 108 valence electrons. The van der Waals surface area contributed by atoms with Gasteiger partial charge in [-0.2, -0.15) is 0 Å². The van der Waals surface area contributed by atoms with Crippen LogP contribution in [-0.2, 0) is 16.1 Å². The van der Waals surface area contributed by atoms with Gasteiger partial charge in [-0.25, -0.2) is 4.98 Å². The summed E-state index contributed by atoms with van der Waals surface area (Å²) in [5.74, 6) is 0.0229. The van der Waals surface area contributed by atoms with Crippen molar-refractivity contribution >= 4 is 23.2 Å². The summed E-state index contributed by atoms with van der Waals surface area (Å²) in [6.45, 7) is 4.22. The van der Waals surface area contributed by atoms with Crippen molar-refractivity contribution in [1.29, 1.82) is 0 Å². The number of thiazole rings is 1. The molecule has 20 heavy (non-hydrogen) atoms. The highest BCUT2D eigenvalue weighted by Gasteiger charge is 2.50. The number of piperazine rings is 1. The quantitative estimate of drug-likeness (QED) is 0.901. The maximum Gasteiger partial charge on any atom is 0.249 e. The molecule has 1 N–H and O–H groups in total. The van der Waals surface area contributed by atoms with E-state index in [9.17, 15) is 9.59 Å². The summed E-state index contributed by atoms with van der Waals surface area (Å²) < 4.78 is 0. The van der Waals surface area contributed by atoms with Crippen molar-refractivity contribution in [3.05, 3.63) is 16.1 Å². The van der Waals surface area contributed by atoms with Crippen LogP contribution in [0.2, 0.25) is 0 Å². The summed E-state index contributed by atoms with van der Waals surface area (Å²) in [5.41, 5.74) is -0.643. The predicted octanol–water partition coefficient (Wildman–Crippen LogP) is 1.61. The average Bonchev–Trinajstić information content (AvgIpc) is 3.03. The van der Waals surface area contributed by atoms with E-state index in [1.165, 1.54) is 0 Å². The Labute approximate surface area is 122 Å². The molecule has 1 aromatic heterocycles. The van der Waals surface area contributed by atoms with E-state index in [0.717, 1.165) is 35.6 Å². The van der Waals surface area contributed by atoms with Crippen LogP contribution in [0.15, 0.2) is 6.20 Å². The summed E-state index contributed by atoms with van der Waals surface area (Å²) in [5, 5.41) is 3.86. The first kappa shape index (κ1) is 13.5. The molecule has 1 unspecified atom stereocenters. The first-order valence-electron chi connectivity index (χ1n) is 7.06. The van der Waals surface area contributed by atoms with Gasteiger partial charge in [0.2, 0.25) is 11.8 Å². The van der Waals surface area contributed by atoms with E-state index in [0.29, 0.717) is 6.54 Å². The van der Waals surface area contributed by atoms with Crippen molar-refractivity contribution in [2.24, 2.45) is 0 Å². The molecule has 0 aromatic carbocycles. The summed E-state index contributed by atoms with van der Waals surface area (Å²) in [6.07, 6.45) is 5.34. The molecule has 1 aromatic rings. The third kappa shape index (κ3) is 2.12. The number of nitrogens with one attached hydrogen (secondary N) is 1. The molecule has 1 spiro atoms. The molecule has 0 radical (unpaired) electrons. The van der Waals surface area contributed by atoms with Gasteiger partial charge in [-0.1, -0.05) is 12.8 Å². The Hall–Kier alpha value is -1.43. The van der Waals surface area contributed by atoms with E-state index in [2.05, 4.69) is 10.3 Å². The first-order valence-corrected chi connectivity index (χ1v) is 7.88. The van der Waals surface area contributed by atoms with Gasteiger partial charge in [0.05, 0.1) is 6.54 Å². The lowest BCUT2D eigenvalue weighted by Crippen LogP contribution is -2.68. The van der Waals surface area contributed by atoms with Crippen LogP contribution < -0.4 is 5.32 Å². The Bertz CT molecular complexity index is 548. The number of amides is 2. The number of rotatable bonds is 2. The first-order chi connectivity index (χ1) is 9.52. The molecule has 2 heterocycles. The Kier molecular flexibility index (Phi) is 3.28. The molecule has 1 saturated heterocycles. The minimum absolute atomic E-state index is 0.0419. The largest absolute Gasteiger partial charge is 0.340 e. The highest BCUT2D eigenvalue weighted by atomic mass is 32.1. The van der Waals surface area contributed by atoms with Crippen LogP contribution in [0, 0.1) is 6.92 Å². The van der Waals surface area contributed by atoms with Gasteiger partial charge in [-0.3, -0.25) is 9.59 Å². The summed E-state index contributed by atoms with van der Waals surface area (Å²) in [4.78, 5) is 32.1. The van der Waals surface area contributed by atoms with E-state index >= 15 is 0 Å². The second kappa shape index (κ2) is 4.84. The summed E-state index contributed by atoms with van der Waals surface area (Å²) in [7, 11) is 0. The van der Waals surface area contributed by atoms with Crippen molar-refractivity contribution in [3.8, 4) is 0 Å². The fraction of sp³-hybridized carbons (Fsp3) is 0.643. The van der Waals surface area contributed by atoms with Crippen LogP contribution in [0.4, 0.5) is 0 Å². The fourth-order valence-corrected chi connectivity index (χ4v) is 3.92. The number of aryl methyl sites for hydroxylation is 1. The number of hydrogen-bond acceptors (Lipinski definition) is 4. The lowest BCUT2D eigenvalue weighted by Gasteiger charge is -2.43. The summed E-state index contributed by atoms with van der Waals surface area (Å²) >= 11 is 1.58. The highest BCUT2D eigenvalue weighted by molar-refractivity contribution is 7.11. The van der Waals surface area contributed by atoms with E-state index in [1.807, 2.05) is 13.1 Å². The Balaban J connectivity index is 1.86. The molecule has 2 amide bonds. The van der Waals surface area contributed by atoms with E-state index in [4.69, 9.17) is 0 Å². The molecule has 1 atom stereocenters. The number of aromatic nitrogens is 1. The Morgan fingerprint density at radius 3 is 2.75 bits per heavy atom.